The summed E-state index contributed by atoms with van der Waals surface area (Å²) in [6.45, 7) is 1.87. The van der Waals surface area contributed by atoms with Gasteiger partial charge in [0.25, 0.3) is 0 Å². The zero-order valence-corrected chi connectivity index (χ0v) is 11.2. The number of alkyl halides is 1. The van der Waals surface area contributed by atoms with Gasteiger partial charge in [-0.25, -0.2) is 4.98 Å². The van der Waals surface area contributed by atoms with Crippen LogP contribution in [0.5, 0.6) is 0 Å². The maximum atomic E-state index is 6.13. The maximum absolute atomic E-state index is 6.13. The van der Waals surface area contributed by atoms with E-state index >= 15 is 0 Å². The first kappa shape index (κ1) is 11.5. The molecular weight excluding hydrogens is 299 g/mol. The van der Waals surface area contributed by atoms with Gasteiger partial charge >= 0.3 is 0 Å². The van der Waals surface area contributed by atoms with E-state index in [9.17, 15) is 0 Å². The lowest BCUT2D eigenvalue weighted by atomic mass is 10.1. The highest BCUT2D eigenvalue weighted by molar-refractivity contribution is 9.10. The summed E-state index contributed by atoms with van der Waals surface area (Å²) in [4.78, 5) is 6.52. The predicted octanol–water partition coefficient (Wildman–Crippen LogP) is 3.71. The normalized spacial score (nSPS) is 18.2. The Morgan fingerprint density at radius 3 is 2.67 bits per heavy atom. The molecule has 1 aliphatic rings. The van der Waals surface area contributed by atoms with Gasteiger partial charge in [-0.1, -0.05) is 11.6 Å². The molecule has 0 radical (unpaired) electrons. The largest absolute Gasteiger partial charge is 0.355 e. The molecule has 0 N–H and O–H groups in total. The van der Waals surface area contributed by atoms with Crippen LogP contribution in [0.25, 0.3) is 0 Å². The van der Waals surface area contributed by atoms with Gasteiger partial charge in [-0.15, -0.1) is 11.6 Å². The van der Waals surface area contributed by atoms with Gasteiger partial charge in [0.1, 0.15) is 5.82 Å². The van der Waals surface area contributed by atoms with Crippen LogP contribution in [0.1, 0.15) is 12.8 Å². The first-order valence-electron chi connectivity index (χ1n) is 4.87. The molecule has 0 aromatic carbocycles. The van der Waals surface area contributed by atoms with Crippen LogP contribution < -0.4 is 4.90 Å². The number of piperidine rings is 1. The third kappa shape index (κ3) is 2.77. The van der Waals surface area contributed by atoms with Crippen molar-refractivity contribution in [2.75, 3.05) is 18.0 Å². The molecule has 0 aliphatic carbocycles. The van der Waals surface area contributed by atoms with Crippen molar-refractivity contribution in [1.29, 1.82) is 0 Å². The molecular formula is C10H11BrCl2N2. The van der Waals surface area contributed by atoms with E-state index in [1.807, 2.05) is 6.07 Å². The Hall–Kier alpha value is 0.01000. The zero-order valence-electron chi connectivity index (χ0n) is 8.09. The van der Waals surface area contributed by atoms with Gasteiger partial charge in [-0.2, -0.15) is 0 Å². The molecule has 1 aromatic rings. The van der Waals surface area contributed by atoms with Gasteiger partial charge in [0, 0.05) is 29.1 Å². The minimum Gasteiger partial charge on any atom is -0.355 e. The first-order chi connectivity index (χ1) is 7.16. The summed E-state index contributed by atoms with van der Waals surface area (Å²) in [7, 11) is 0. The molecule has 1 fully saturated rings. The number of aromatic nitrogens is 1. The van der Waals surface area contributed by atoms with Crippen LogP contribution in [0.15, 0.2) is 16.7 Å². The lowest BCUT2D eigenvalue weighted by molar-refractivity contribution is 0.580. The van der Waals surface area contributed by atoms with E-state index in [1.54, 1.807) is 6.20 Å². The molecule has 1 aliphatic heterocycles. The van der Waals surface area contributed by atoms with Crippen LogP contribution in [-0.4, -0.2) is 23.5 Å². The highest BCUT2D eigenvalue weighted by Gasteiger charge is 2.19. The van der Waals surface area contributed by atoms with Crippen LogP contribution in [0.3, 0.4) is 0 Å². The van der Waals surface area contributed by atoms with Crippen molar-refractivity contribution >= 4 is 44.9 Å². The summed E-state index contributed by atoms with van der Waals surface area (Å²) in [5, 5.41) is 0.993. The van der Waals surface area contributed by atoms with Crippen molar-refractivity contribution in [2.45, 2.75) is 18.2 Å². The Balaban J connectivity index is 2.15. The van der Waals surface area contributed by atoms with E-state index in [4.69, 9.17) is 23.2 Å². The Morgan fingerprint density at radius 2 is 2.07 bits per heavy atom. The number of anilines is 1. The van der Waals surface area contributed by atoms with Gasteiger partial charge in [0.15, 0.2) is 0 Å². The fraction of sp³-hybridized carbons (Fsp3) is 0.500. The number of rotatable bonds is 1. The Bertz CT molecular complexity index is 351. The Kier molecular flexibility index (Phi) is 3.75. The molecule has 1 aromatic heterocycles. The van der Waals surface area contributed by atoms with E-state index in [0.717, 1.165) is 36.2 Å². The van der Waals surface area contributed by atoms with E-state index < -0.39 is 0 Å². The summed E-state index contributed by atoms with van der Waals surface area (Å²) in [6.07, 6.45) is 3.76. The van der Waals surface area contributed by atoms with Gasteiger partial charge in [-0.05, 0) is 34.8 Å². The highest BCUT2D eigenvalue weighted by Crippen LogP contribution is 2.29. The Morgan fingerprint density at radius 1 is 1.40 bits per heavy atom. The zero-order chi connectivity index (χ0) is 10.8. The summed E-state index contributed by atoms with van der Waals surface area (Å²) < 4.78 is 0.906. The molecule has 1 saturated heterocycles. The maximum Gasteiger partial charge on any atom is 0.147 e. The minimum atomic E-state index is 0.301. The van der Waals surface area contributed by atoms with E-state index in [0.29, 0.717) is 10.4 Å². The quantitative estimate of drug-likeness (QED) is 0.735. The molecule has 82 valence electrons. The third-order valence-corrected chi connectivity index (χ3v) is 3.66. The van der Waals surface area contributed by atoms with Gasteiger partial charge in [-0.3, -0.25) is 0 Å². The van der Waals surface area contributed by atoms with Gasteiger partial charge < -0.3 is 4.90 Å². The van der Waals surface area contributed by atoms with Crippen LogP contribution in [0, 0.1) is 0 Å². The van der Waals surface area contributed by atoms with E-state index in [2.05, 4.69) is 25.8 Å². The molecule has 2 rings (SSSR count). The second-order valence-corrected chi connectivity index (χ2v) is 5.56. The third-order valence-electron chi connectivity index (χ3n) is 2.51. The molecule has 15 heavy (non-hydrogen) atoms. The monoisotopic (exact) mass is 308 g/mol. The highest BCUT2D eigenvalue weighted by atomic mass is 79.9. The second kappa shape index (κ2) is 4.89. The molecule has 0 amide bonds. The topological polar surface area (TPSA) is 16.1 Å². The van der Waals surface area contributed by atoms with Gasteiger partial charge in [0.2, 0.25) is 0 Å². The second-order valence-electron chi connectivity index (χ2n) is 3.62. The molecule has 5 heteroatoms. The summed E-state index contributed by atoms with van der Waals surface area (Å²) in [5.74, 6) is 0.864. The number of pyridine rings is 1. The van der Waals surface area contributed by atoms with Gasteiger partial charge in [0.05, 0.1) is 5.02 Å². The van der Waals surface area contributed by atoms with E-state index in [1.165, 1.54) is 0 Å². The molecule has 0 atom stereocenters. The average molecular weight is 310 g/mol. The molecule has 0 spiro atoms. The summed E-state index contributed by atoms with van der Waals surface area (Å²) >= 11 is 15.5. The SMILES string of the molecule is Clc1cc(Br)cnc1N1CCC(Cl)CC1. The van der Waals surface area contributed by atoms with E-state index in [-0.39, 0.29) is 0 Å². The minimum absolute atomic E-state index is 0.301. The molecule has 2 nitrogen and oxygen atoms in total. The van der Waals surface area contributed by atoms with Crippen molar-refractivity contribution < 1.29 is 0 Å². The lowest BCUT2D eigenvalue weighted by Gasteiger charge is -2.30. The van der Waals surface area contributed by atoms with Crippen molar-refractivity contribution in [2.24, 2.45) is 0 Å². The van der Waals surface area contributed by atoms with Crippen LogP contribution >= 0.6 is 39.1 Å². The Labute approximate surface area is 108 Å². The van der Waals surface area contributed by atoms with Crippen molar-refractivity contribution in [3.63, 3.8) is 0 Å². The van der Waals surface area contributed by atoms with Crippen molar-refractivity contribution in [1.82, 2.24) is 4.98 Å². The van der Waals surface area contributed by atoms with Crippen molar-refractivity contribution in [3.05, 3.63) is 21.8 Å². The fourth-order valence-electron chi connectivity index (χ4n) is 1.70. The number of hydrogen-bond donors (Lipinski definition) is 0. The molecule has 0 unspecified atom stereocenters. The average Bonchev–Trinajstić information content (AvgIpc) is 2.20. The lowest BCUT2D eigenvalue weighted by Crippen LogP contribution is -2.34. The summed E-state index contributed by atoms with van der Waals surface area (Å²) in [6, 6.07) is 1.87. The van der Waals surface area contributed by atoms with Crippen molar-refractivity contribution in [3.8, 4) is 0 Å². The number of nitrogens with zero attached hydrogens (tertiary/aromatic N) is 2. The smallest absolute Gasteiger partial charge is 0.147 e. The molecule has 0 saturated carbocycles. The molecule has 2 heterocycles. The fourth-order valence-corrected chi connectivity index (χ4v) is 2.64. The summed E-state index contributed by atoms with van der Waals surface area (Å²) in [5.41, 5.74) is 0. The standard InChI is InChI=1S/C10H11BrCl2N2/c11-7-5-9(13)10(14-6-7)15-3-1-8(12)2-4-15/h5-6,8H,1-4H2. The van der Waals surface area contributed by atoms with Crippen LogP contribution in [-0.2, 0) is 0 Å². The molecule has 0 bridgehead atoms. The number of halogens is 3. The predicted molar refractivity (Wildman–Crippen MR) is 68.0 cm³/mol. The van der Waals surface area contributed by atoms with Crippen LogP contribution in [0.2, 0.25) is 5.02 Å². The van der Waals surface area contributed by atoms with Crippen LogP contribution in [0.4, 0.5) is 5.82 Å². The first-order valence-corrected chi connectivity index (χ1v) is 6.47. The number of hydrogen-bond acceptors (Lipinski definition) is 2.